The van der Waals surface area contributed by atoms with Gasteiger partial charge in [0.15, 0.2) is 0 Å². The maximum absolute atomic E-state index is 12.3. The van der Waals surface area contributed by atoms with Gasteiger partial charge >= 0.3 is 0 Å². The quantitative estimate of drug-likeness (QED) is 0.741. The first-order valence-corrected chi connectivity index (χ1v) is 11.1. The Labute approximate surface area is 161 Å². The van der Waals surface area contributed by atoms with Crippen LogP contribution in [0.15, 0.2) is 35.2 Å². The molecular weight excluding hydrogens is 400 g/mol. The lowest BCUT2D eigenvalue weighted by atomic mass is 10.2. The van der Waals surface area contributed by atoms with Crippen molar-refractivity contribution in [3.05, 3.63) is 45.1 Å². The highest BCUT2D eigenvalue weighted by atomic mass is 35.5. The summed E-state index contributed by atoms with van der Waals surface area (Å²) in [5.74, 6) is 0.808. The van der Waals surface area contributed by atoms with Gasteiger partial charge in [-0.15, -0.1) is 23.1 Å². The predicted octanol–water partition coefficient (Wildman–Crippen LogP) is 3.83. The molecule has 1 N–H and O–H groups in total. The molecule has 0 unspecified atom stereocenters. The molecule has 0 atom stereocenters. The van der Waals surface area contributed by atoms with Gasteiger partial charge in [0.1, 0.15) is 0 Å². The number of anilines is 1. The number of hydrogen-bond acceptors (Lipinski definition) is 5. The average Bonchev–Trinajstić information content (AvgIpc) is 2.94. The predicted molar refractivity (Wildman–Crippen MR) is 106 cm³/mol. The Morgan fingerprint density at radius 2 is 2.00 bits per heavy atom. The summed E-state index contributed by atoms with van der Waals surface area (Å²) in [6.07, 6.45) is 0. The van der Waals surface area contributed by atoms with E-state index < -0.39 is 10.0 Å². The molecule has 0 spiro atoms. The van der Waals surface area contributed by atoms with E-state index in [1.807, 2.05) is 12.1 Å². The number of thioether (sulfide) groups is 1. The fourth-order valence-electron chi connectivity index (χ4n) is 2.02. The van der Waals surface area contributed by atoms with Crippen LogP contribution < -0.4 is 5.32 Å². The number of halogens is 1. The van der Waals surface area contributed by atoms with E-state index in [1.165, 1.54) is 43.3 Å². The minimum absolute atomic E-state index is 0.176. The lowest BCUT2D eigenvalue weighted by Gasteiger charge is -2.15. The number of hydrogen-bond donors (Lipinski definition) is 1. The maximum atomic E-state index is 12.3. The van der Waals surface area contributed by atoms with E-state index in [9.17, 15) is 13.2 Å². The lowest BCUT2D eigenvalue weighted by molar-refractivity contribution is -0.113. The van der Waals surface area contributed by atoms with E-state index in [-0.39, 0.29) is 16.6 Å². The first-order chi connectivity index (χ1) is 11.7. The van der Waals surface area contributed by atoms with Gasteiger partial charge in [0.2, 0.25) is 15.9 Å². The molecular formula is C16H19ClN2O3S3. The van der Waals surface area contributed by atoms with Gasteiger partial charge in [0.25, 0.3) is 0 Å². The van der Waals surface area contributed by atoms with Crippen LogP contribution in [0.25, 0.3) is 0 Å². The van der Waals surface area contributed by atoms with Gasteiger partial charge in [0.05, 0.1) is 15.0 Å². The standard InChI is InChI=1S/C16H19ClN2O3S3/c1-11-4-5-12(8-14(11)25(21,22)19(2)3)18-16(20)10-23-9-13-6-7-15(17)24-13/h4-8H,9-10H2,1-3H3,(H,18,20). The van der Waals surface area contributed by atoms with E-state index in [2.05, 4.69) is 5.32 Å². The lowest BCUT2D eigenvalue weighted by Crippen LogP contribution is -2.23. The van der Waals surface area contributed by atoms with Gasteiger partial charge < -0.3 is 5.32 Å². The number of carbonyl (C=O) groups excluding carboxylic acids is 1. The molecule has 0 aliphatic rings. The van der Waals surface area contributed by atoms with Crippen molar-refractivity contribution in [2.45, 2.75) is 17.6 Å². The fourth-order valence-corrected chi connectivity index (χ4v) is 5.19. The van der Waals surface area contributed by atoms with Crippen LogP contribution in [-0.4, -0.2) is 38.5 Å². The second kappa shape index (κ2) is 8.55. The number of aryl methyl sites for hydroxylation is 1. The summed E-state index contributed by atoms with van der Waals surface area (Å²) < 4.78 is 26.5. The zero-order chi connectivity index (χ0) is 18.6. The molecule has 0 aliphatic heterocycles. The second-order valence-corrected chi connectivity index (χ2v) is 10.4. The summed E-state index contributed by atoms with van der Waals surface area (Å²) in [7, 11) is -0.591. The number of sulfonamides is 1. The number of nitrogens with zero attached hydrogens (tertiary/aromatic N) is 1. The zero-order valence-electron chi connectivity index (χ0n) is 14.1. The van der Waals surface area contributed by atoms with Crippen molar-refractivity contribution in [2.24, 2.45) is 0 Å². The van der Waals surface area contributed by atoms with Gasteiger partial charge in [0, 0.05) is 30.4 Å². The van der Waals surface area contributed by atoms with E-state index in [0.29, 0.717) is 17.0 Å². The van der Waals surface area contributed by atoms with E-state index in [1.54, 1.807) is 19.1 Å². The zero-order valence-corrected chi connectivity index (χ0v) is 17.3. The maximum Gasteiger partial charge on any atom is 0.242 e. The summed E-state index contributed by atoms with van der Waals surface area (Å²) in [5, 5.41) is 2.75. The van der Waals surface area contributed by atoms with Crippen molar-refractivity contribution in [1.29, 1.82) is 0 Å². The molecule has 25 heavy (non-hydrogen) atoms. The molecule has 2 aromatic rings. The molecule has 1 heterocycles. The minimum atomic E-state index is -3.55. The van der Waals surface area contributed by atoms with Crippen molar-refractivity contribution in [2.75, 3.05) is 25.2 Å². The third-order valence-corrected chi connectivity index (χ3v) is 7.69. The molecule has 1 aromatic heterocycles. The van der Waals surface area contributed by atoms with Crippen molar-refractivity contribution in [3.8, 4) is 0 Å². The van der Waals surface area contributed by atoms with Crippen molar-refractivity contribution >= 4 is 56.3 Å². The van der Waals surface area contributed by atoms with E-state index in [0.717, 1.165) is 13.5 Å². The van der Waals surface area contributed by atoms with Crippen LogP contribution in [0.2, 0.25) is 4.34 Å². The first-order valence-electron chi connectivity index (χ1n) is 7.35. The molecule has 0 bridgehead atoms. The van der Waals surface area contributed by atoms with Crippen LogP contribution in [0.5, 0.6) is 0 Å². The Kier molecular flexibility index (Phi) is 6.93. The molecule has 0 saturated heterocycles. The molecule has 2 rings (SSSR count). The van der Waals surface area contributed by atoms with Crippen LogP contribution in [0.1, 0.15) is 10.4 Å². The fraction of sp³-hybridized carbons (Fsp3) is 0.312. The Bertz CT molecular complexity index is 863. The molecule has 136 valence electrons. The largest absolute Gasteiger partial charge is 0.325 e. The molecule has 1 aromatic carbocycles. The summed E-state index contributed by atoms with van der Waals surface area (Å²) in [6.45, 7) is 1.73. The third-order valence-electron chi connectivity index (χ3n) is 3.34. The molecule has 0 fully saturated rings. The Morgan fingerprint density at radius 1 is 1.28 bits per heavy atom. The summed E-state index contributed by atoms with van der Waals surface area (Å²) in [4.78, 5) is 13.4. The number of carbonyl (C=O) groups is 1. The monoisotopic (exact) mass is 418 g/mol. The molecule has 0 radical (unpaired) electrons. The van der Waals surface area contributed by atoms with Crippen LogP contribution in [0, 0.1) is 6.92 Å². The number of rotatable bonds is 7. The van der Waals surface area contributed by atoms with Gasteiger partial charge in [-0.3, -0.25) is 4.79 Å². The number of nitrogens with one attached hydrogen (secondary N) is 1. The van der Waals surface area contributed by atoms with Gasteiger partial charge in [-0.05, 0) is 36.8 Å². The summed E-state index contributed by atoms with van der Waals surface area (Å²) in [5.41, 5.74) is 1.10. The highest BCUT2D eigenvalue weighted by Crippen LogP contribution is 2.26. The molecule has 9 heteroatoms. The third kappa shape index (κ3) is 5.46. The minimum Gasteiger partial charge on any atom is -0.325 e. The normalized spacial score (nSPS) is 11.7. The van der Waals surface area contributed by atoms with E-state index >= 15 is 0 Å². The Hall–Kier alpha value is -1.06. The molecule has 1 amide bonds. The number of amides is 1. The molecule has 0 aliphatic carbocycles. The highest BCUT2D eigenvalue weighted by molar-refractivity contribution is 7.99. The molecule has 0 saturated carbocycles. The number of thiophene rings is 1. The Morgan fingerprint density at radius 3 is 2.60 bits per heavy atom. The topological polar surface area (TPSA) is 66.5 Å². The van der Waals surface area contributed by atoms with Gasteiger partial charge in [-0.2, -0.15) is 0 Å². The average molecular weight is 419 g/mol. The summed E-state index contributed by atoms with van der Waals surface area (Å²) >= 11 is 8.85. The van der Waals surface area contributed by atoms with Gasteiger partial charge in [-0.25, -0.2) is 12.7 Å². The van der Waals surface area contributed by atoms with Gasteiger partial charge in [-0.1, -0.05) is 17.7 Å². The smallest absolute Gasteiger partial charge is 0.242 e. The SMILES string of the molecule is Cc1ccc(NC(=O)CSCc2ccc(Cl)s2)cc1S(=O)(=O)N(C)C. The first kappa shape index (κ1) is 20.3. The van der Waals surface area contributed by atoms with Crippen molar-refractivity contribution in [3.63, 3.8) is 0 Å². The van der Waals surface area contributed by atoms with Crippen LogP contribution in [0.4, 0.5) is 5.69 Å². The van der Waals surface area contributed by atoms with Crippen LogP contribution >= 0.6 is 34.7 Å². The highest BCUT2D eigenvalue weighted by Gasteiger charge is 2.20. The van der Waals surface area contributed by atoms with Crippen LogP contribution in [0.3, 0.4) is 0 Å². The van der Waals surface area contributed by atoms with Crippen LogP contribution in [-0.2, 0) is 20.6 Å². The Balaban J connectivity index is 1.99. The van der Waals surface area contributed by atoms with E-state index in [4.69, 9.17) is 11.6 Å². The second-order valence-electron chi connectivity index (χ2n) is 5.51. The van der Waals surface area contributed by atoms with Crippen molar-refractivity contribution < 1.29 is 13.2 Å². The summed E-state index contributed by atoms with van der Waals surface area (Å²) in [6, 6.07) is 8.65. The molecule has 5 nitrogen and oxygen atoms in total. The number of benzene rings is 1. The van der Waals surface area contributed by atoms with Crippen molar-refractivity contribution in [1.82, 2.24) is 4.31 Å².